The van der Waals surface area contributed by atoms with Crippen LogP contribution in [0.25, 0.3) is 0 Å². The Labute approximate surface area is 163 Å². The van der Waals surface area contributed by atoms with Gasteiger partial charge in [-0.2, -0.15) is 0 Å². The molecule has 0 saturated heterocycles. The van der Waals surface area contributed by atoms with Gasteiger partial charge < -0.3 is 21.7 Å². The number of carboxylic acids is 2. The lowest BCUT2D eigenvalue weighted by Gasteiger charge is -2.12. The average molecular weight is 393 g/mol. The van der Waals surface area contributed by atoms with Crippen LogP contribution < -0.4 is 11.5 Å². The molecule has 4 unspecified atom stereocenters. The van der Waals surface area contributed by atoms with Gasteiger partial charge in [-0.15, -0.1) is 0 Å². The maximum atomic E-state index is 10.7. The minimum absolute atomic E-state index is 0. The van der Waals surface area contributed by atoms with Gasteiger partial charge in [0.15, 0.2) is 0 Å². The molecule has 162 valence electrons. The molecule has 0 saturated carbocycles. The largest absolute Gasteiger partial charge is 0.481 e. The van der Waals surface area contributed by atoms with Crippen LogP contribution >= 0.6 is 0 Å². The van der Waals surface area contributed by atoms with Gasteiger partial charge in [-0.1, -0.05) is 49.0 Å². The van der Waals surface area contributed by atoms with Crippen molar-refractivity contribution in [3.8, 4) is 0 Å². The number of carboxylic acid groups (broad SMARTS) is 2. The first-order valence-corrected chi connectivity index (χ1v) is 8.89. The van der Waals surface area contributed by atoms with Crippen LogP contribution in [0.5, 0.6) is 0 Å². The number of carbonyl (C=O) groups is 4. The number of primary amides is 2. The number of amides is 2. The molecule has 8 heteroatoms. The predicted molar refractivity (Wildman–Crippen MR) is 107 cm³/mol. The van der Waals surface area contributed by atoms with E-state index in [0.29, 0.717) is 12.8 Å². The predicted octanol–water partition coefficient (Wildman–Crippen LogP) is 2.88. The van der Waals surface area contributed by atoms with Crippen LogP contribution in [0, 0.1) is 23.7 Å². The fourth-order valence-electron chi connectivity index (χ4n) is 1.39. The zero-order valence-corrected chi connectivity index (χ0v) is 16.8. The van der Waals surface area contributed by atoms with Crippen molar-refractivity contribution >= 4 is 23.8 Å². The van der Waals surface area contributed by atoms with E-state index in [9.17, 15) is 19.2 Å². The number of hydrogen-bond donors (Lipinski definition) is 4. The number of carbonyl (C=O) groups excluding carboxylic acids is 2. The summed E-state index contributed by atoms with van der Waals surface area (Å²) in [7, 11) is 0. The molecule has 2 amide bonds. The molecule has 27 heavy (non-hydrogen) atoms. The van der Waals surface area contributed by atoms with Gasteiger partial charge in [0.05, 0.1) is 11.8 Å². The quantitative estimate of drug-likeness (QED) is 0.471. The molecule has 4 atom stereocenters. The van der Waals surface area contributed by atoms with E-state index in [1.807, 2.05) is 27.7 Å². The van der Waals surface area contributed by atoms with Crippen LogP contribution in [0.3, 0.4) is 0 Å². The highest BCUT2D eigenvalue weighted by atomic mass is 16.4. The van der Waals surface area contributed by atoms with E-state index >= 15 is 0 Å². The molecule has 0 rings (SSSR count). The molecule has 0 aromatic carbocycles. The maximum absolute atomic E-state index is 10.7. The first-order valence-electron chi connectivity index (χ1n) is 8.89. The monoisotopic (exact) mass is 392 g/mol. The van der Waals surface area contributed by atoms with Crippen molar-refractivity contribution < 1.29 is 29.4 Å². The van der Waals surface area contributed by atoms with Crippen LogP contribution in [0.1, 0.15) is 74.7 Å². The summed E-state index contributed by atoms with van der Waals surface area (Å²) in [4.78, 5) is 41.2. The summed E-state index contributed by atoms with van der Waals surface area (Å²) >= 11 is 0. The lowest BCUT2D eigenvalue weighted by atomic mass is 9.93. The maximum Gasteiger partial charge on any atom is 0.306 e. The lowest BCUT2D eigenvalue weighted by molar-refractivity contribution is -0.142. The second-order valence-electron chi connectivity index (χ2n) is 6.34. The molecular formula is C19H40N2O6. The normalized spacial score (nSPS) is 13.7. The molecule has 0 bridgehead atoms. The van der Waals surface area contributed by atoms with E-state index in [2.05, 4.69) is 0 Å². The van der Waals surface area contributed by atoms with Crippen molar-refractivity contribution in [2.45, 2.75) is 74.7 Å². The summed E-state index contributed by atoms with van der Waals surface area (Å²) in [5, 5.41) is 16.7. The average Bonchev–Trinajstić information content (AvgIpc) is 2.58. The number of nitrogens with two attached hydrogens (primary N) is 2. The second kappa shape index (κ2) is 18.7. The molecule has 0 radical (unpaired) electrons. The van der Waals surface area contributed by atoms with Crippen molar-refractivity contribution in [3.05, 3.63) is 0 Å². The van der Waals surface area contributed by atoms with Crippen molar-refractivity contribution in [2.24, 2.45) is 35.1 Å². The van der Waals surface area contributed by atoms with Crippen LogP contribution in [-0.4, -0.2) is 34.0 Å². The summed E-state index contributed by atoms with van der Waals surface area (Å²) < 4.78 is 0. The van der Waals surface area contributed by atoms with E-state index in [0.717, 1.165) is 12.8 Å². The summed E-state index contributed by atoms with van der Waals surface area (Å²) in [6.07, 6.45) is 2.50. The third-order valence-electron chi connectivity index (χ3n) is 4.09. The highest BCUT2D eigenvalue weighted by molar-refractivity contribution is 5.78. The highest BCUT2D eigenvalue weighted by Crippen LogP contribution is 2.14. The molecule has 0 aromatic heterocycles. The molecule has 0 aromatic rings. The van der Waals surface area contributed by atoms with Gasteiger partial charge in [0, 0.05) is 11.8 Å². The number of hydrogen-bond acceptors (Lipinski definition) is 4. The Bertz CT molecular complexity index is 420. The number of rotatable bonds is 9. The Balaban J connectivity index is -0.000000153. The fraction of sp³-hybridized carbons (Fsp3) is 0.789. The first-order chi connectivity index (χ1) is 11.8. The molecule has 0 heterocycles. The highest BCUT2D eigenvalue weighted by Gasteiger charge is 2.20. The van der Waals surface area contributed by atoms with Crippen LogP contribution in [0.2, 0.25) is 0 Å². The minimum Gasteiger partial charge on any atom is -0.481 e. The van der Waals surface area contributed by atoms with Gasteiger partial charge in [-0.25, -0.2) is 0 Å². The molecule has 0 aliphatic heterocycles. The Hall–Kier alpha value is -2.12. The minimum atomic E-state index is -0.880. The van der Waals surface area contributed by atoms with Crippen molar-refractivity contribution in [3.63, 3.8) is 0 Å². The molecule has 0 aliphatic carbocycles. The van der Waals surface area contributed by atoms with E-state index in [1.165, 1.54) is 0 Å². The standard InChI is InChI=1S/C8H15NO3.C5H11NO.C5H10O2.CH4/c1-3-6(7(9)10)4-5(2)8(11)12;2*1-3-4(2)5(6)7;/h5-6H,3-4H2,1-2H3,(H2,9,10)(H,11,12);4H,3H2,1-2H3,(H2,6,7);4H,3H2,1-2H3,(H,6,7);1H4. The molecule has 0 aliphatic rings. The van der Waals surface area contributed by atoms with Gasteiger partial charge in [0.1, 0.15) is 0 Å². The van der Waals surface area contributed by atoms with Gasteiger partial charge in [0.2, 0.25) is 11.8 Å². The molecule has 6 N–H and O–H groups in total. The Morgan fingerprint density at radius 3 is 1.19 bits per heavy atom. The smallest absolute Gasteiger partial charge is 0.306 e. The summed E-state index contributed by atoms with van der Waals surface area (Å²) in [6, 6.07) is 0. The first kappa shape index (κ1) is 32.5. The summed E-state index contributed by atoms with van der Waals surface area (Å²) in [5.74, 6) is -3.15. The zero-order chi connectivity index (χ0) is 21.4. The van der Waals surface area contributed by atoms with Gasteiger partial charge in [-0.05, 0) is 25.7 Å². The molecular weight excluding hydrogens is 352 g/mol. The van der Waals surface area contributed by atoms with Crippen molar-refractivity contribution in [1.82, 2.24) is 0 Å². The molecule has 0 spiro atoms. The Morgan fingerprint density at radius 1 is 0.704 bits per heavy atom. The Kier molecular flexibility index (Phi) is 22.5. The second-order valence-corrected chi connectivity index (χ2v) is 6.34. The van der Waals surface area contributed by atoms with Crippen molar-refractivity contribution in [2.75, 3.05) is 0 Å². The van der Waals surface area contributed by atoms with E-state index < -0.39 is 23.8 Å². The van der Waals surface area contributed by atoms with Gasteiger partial charge in [-0.3, -0.25) is 19.2 Å². The van der Waals surface area contributed by atoms with Gasteiger partial charge in [0.25, 0.3) is 0 Å². The fourth-order valence-corrected chi connectivity index (χ4v) is 1.39. The third-order valence-corrected chi connectivity index (χ3v) is 4.09. The zero-order valence-electron chi connectivity index (χ0n) is 16.8. The summed E-state index contributed by atoms with van der Waals surface area (Å²) in [6.45, 7) is 10.7. The van der Waals surface area contributed by atoms with Crippen LogP contribution in [0.15, 0.2) is 0 Å². The molecule has 8 nitrogen and oxygen atoms in total. The van der Waals surface area contributed by atoms with Crippen LogP contribution in [-0.2, 0) is 19.2 Å². The Morgan fingerprint density at radius 2 is 1.07 bits per heavy atom. The number of aliphatic carboxylic acids is 2. The third kappa shape index (κ3) is 20.0. The SMILES string of the molecule is C.CCC(C)C(=O)O.CCC(C)C(N)=O.CCC(CC(C)C(=O)O)C(N)=O. The lowest BCUT2D eigenvalue weighted by Crippen LogP contribution is -2.26. The van der Waals surface area contributed by atoms with E-state index in [4.69, 9.17) is 21.7 Å². The summed E-state index contributed by atoms with van der Waals surface area (Å²) in [5.41, 5.74) is 9.97. The van der Waals surface area contributed by atoms with Crippen LogP contribution in [0.4, 0.5) is 0 Å². The van der Waals surface area contributed by atoms with Gasteiger partial charge >= 0.3 is 11.9 Å². The van der Waals surface area contributed by atoms with E-state index in [1.54, 1.807) is 13.8 Å². The van der Waals surface area contributed by atoms with Crippen molar-refractivity contribution in [1.29, 1.82) is 0 Å². The van der Waals surface area contributed by atoms with E-state index in [-0.39, 0.29) is 31.1 Å². The molecule has 0 fully saturated rings. The topological polar surface area (TPSA) is 161 Å².